The van der Waals surface area contributed by atoms with Gasteiger partial charge in [-0.1, -0.05) is 42.5 Å². The lowest BCUT2D eigenvalue weighted by atomic mass is 9.88. The Morgan fingerprint density at radius 2 is 1.81 bits per heavy atom. The molecule has 136 valence electrons. The first kappa shape index (κ1) is 20.2. The lowest BCUT2D eigenvalue weighted by Gasteiger charge is -2.19. The average molecular weight is 390 g/mol. The molecular weight excluding hydrogens is 369 g/mol. The highest BCUT2D eigenvalue weighted by molar-refractivity contribution is 6.03. The number of carbonyl (C=O) groups excluding carboxylic acids is 1. The Morgan fingerprint density at radius 3 is 2.62 bits per heavy atom. The zero-order chi connectivity index (χ0) is 16.4. The summed E-state index contributed by atoms with van der Waals surface area (Å²) in [6.45, 7) is 1.54. The van der Waals surface area contributed by atoms with Crippen molar-refractivity contribution in [3.8, 4) is 0 Å². The smallest absolute Gasteiger partial charge is 0.229 e. The third-order valence-corrected chi connectivity index (χ3v) is 4.72. The van der Waals surface area contributed by atoms with E-state index in [4.69, 9.17) is 0 Å². The molecule has 1 aliphatic heterocycles. The van der Waals surface area contributed by atoms with Gasteiger partial charge in [0.2, 0.25) is 5.91 Å². The molecule has 2 N–H and O–H groups in total. The Kier molecular flexibility index (Phi) is 6.98. The molecule has 0 aliphatic carbocycles. The normalized spacial score (nSPS) is 18.6. The van der Waals surface area contributed by atoms with Crippen molar-refractivity contribution in [1.29, 1.82) is 0 Å². The number of carbonyl (C=O) groups is 1. The maximum atomic E-state index is 12.9. The second kappa shape index (κ2) is 8.99. The van der Waals surface area contributed by atoms with Gasteiger partial charge in [0.1, 0.15) is 0 Å². The Morgan fingerprint density at radius 1 is 1.00 bits per heavy atom. The predicted octanol–water partition coefficient (Wildman–Crippen LogP) is 4.02. The van der Waals surface area contributed by atoms with Crippen molar-refractivity contribution in [2.75, 3.05) is 18.4 Å². The number of pyridine rings is 1. The molecule has 1 aromatic heterocycles. The number of rotatable bonds is 3. The summed E-state index contributed by atoms with van der Waals surface area (Å²) < 4.78 is 0. The van der Waals surface area contributed by atoms with Gasteiger partial charge in [-0.3, -0.25) is 9.78 Å². The van der Waals surface area contributed by atoms with Crippen LogP contribution in [-0.4, -0.2) is 24.0 Å². The third-order valence-electron chi connectivity index (χ3n) is 4.72. The monoisotopic (exact) mass is 389 g/mol. The van der Waals surface area contributed by atoms with Gasteiger partial charge in [-0.15, -0.1) is 24.8 Å². The second-order valence-corrected chi connectivity index (χ2v) is 6.17. The summed E-state index contributed by atoms with van der Waals surface area (Å²) in [5, 5.41) is 8.52. The first-order valence-corrected chi connectivity index (χ1v) is 8.22. The summed E-state index contributed by atoms with van der Waals surface area (Å²) in [6, 6.07) is 18.1. The second-order valence-electron chi connectivity index (χ2n) is 6.17. The minimum Gasteiger partial charge on any atom is -0.325 e. The maximum absolute atomic E-state index is 12.9. The van der Waals surface area contributed by atoms with E-state index >= 15 is 0 Å². The molecule has 0 bridgehead atoms. The number of anilines is 1. The summed E-state index contributed by atoms with van der Waals surface area (Å²) in [5.41, 5.74) is 2.06. The molecule has 1 amide bonds. The first-order chi connectivity index (χ1) is 11.8. The fourth-order valence-electron chi connectivity index (χ4n) is 3.46. The zero-order valence-corrected chi connectivity index (χ0v) is 15.7. The summed E-state index contributed by atoms with van der Waals surface area (Å²) in [6.07, 6.45) is 3.57. The van der Waals surface area contributed by atoms with Crippen molar-refractivity contribution < 1.29 is 4.79 Å². The standard InChI is InChI=1S/C20H19N3O.2ClH/c24-20(18-13-22-12-17(18)14-5-2-1-3-6-14)23-19-8-4-7-15-11-21-10-9-16(15)19;;/h1-11,17-18,22H,12-13H2,(H,23,24);2*1H/t17-,18+;;/m1../s1. The molecule has 0 radical (unpaired) electrons. The van der Waals surface area contributed by atoms with Gasteiger partial charge in [0, 0.05) is 47.9 Å². The number of hydrogen-bond acceptors (Lipinski definition) is 3. The number of amides is 1. The largest absolute Gasteiger partial charge is 0.325 e. The Balaban J connectivity index is 0.00000121. The minimum absolute atomic E-state index is 0. The van der Waals surface area contributed by atoms with Gasteiger partial charge in [0.25, 0.3) is 0 Å². The number of fused-ring (bicyclic) bond motifs is 1. The molecule has 6 heteroatoms. The van der Waals surface area contributed by atoms with Crippen LogP contribution in [0.1, 0.15) is 11.5 Å². The van der Waals surface area contributed by atoms with E-state index in [-0.39, 0.29) is 42.6 Å². The van der Waals surface area contributed by atoms with E-state index < -0.39 is 0 Å². The summed E-state index contributed by atoms with van der Waals surface area (Å²) in [7, 11) is 0. The summed E-state index contributed by atoms with van der Waals surface area (Å²) in [5.74, 6) is 0.213. The number of hydrogen-bond donors (Lipinski definition) is 2. The quantitative estimate of drug-likeness (QED) is 0.710. The fourth-order valence-corrected chi connectivity index (χ4v) is 3.46. The molecule has 2 aromatic carbocycles. The zero-order valence-electron chi connectivity index (χ0n) is 14.1. The van der Waals surface area contributed by atoms with Crippen LogP contribution in [-0.2, 0) is 4.79 Å². The highest BCUT2D eigenvalue weighted by Crippen LogP contribution is 2.30. The SMILES string of the molecule is Cl.Cl.O=C(Nc1cccc2cnccc12)[C@H]1CNC[C@@H]1c1ccccc1. The maximum Gasteiger partial charge on any atom is 0.229 e. The number of benzene rings is 2. The topological polar surface area (TPSA) is 54.0 Å². The van der Waals surface area contributed by atoms with Gasteiger partial charge < -0.3 is 10.6 Å². The van der Waals surface area contributed by atoms with Crippen molar-refractivity contribution in [2.24, 2.45) is 5.92 Å². The van der Waals surface area contributed by atoms with Crippen LogP contribution in [0, 0.1) is 5.92 Å². The summed E-state index contributed by atoms with van der Waals surface area (Å²) >= 11 is 0. The molecular formula is C20H21Cl2N3O. The van der Waals surface area contributed by atoms with Crippen LogP contribution in [0.2, 0.25) is 0 Å². The van der Waals surface area contributed by atoms with Gasteiger partial charge >= 0.3 is 0 Å². The molecule has 1 saturated heterocycles. The lowest BCUT2D eigenvalue weighted by Crippen LogP contribution is -2.28. The molecule has 2 atom stereocenters. The van der Waals surface area contributed by atoms with Crippen LogP contribution in [0.5, 0.6) is 0 Å². The average Bonchev–Trinajstić information content (AvgIpc) is 3.13. The van der Waals surface area contributed by atoms with Crippen LogP contribution in [0.4, 0.5) is 5.69 Å². The highest BCUT2D eigenvalue weighted by Gasteiger charge is 2.33. The van der Waals surface area contributed by atoms with Crippen molar-refractivity contribution in [3.63, 3.8) is 0 Å². The first-order valence-electron chi connectivity index (χ1n) is 8.22. The predicted molar refractivity (Wildman–Crippen MR) is 110 cm³/mol. The Hall–Kier alpha value is -2.14. The van der Waals surface area contributed by atoms with Crippen LogP contribution in [0.25, 0.3) is 10.8 Å². The van der Waals surface area contributed by atoms with Crippen molar-refractivity contribution >= 4 is 47.2 Å². The molecule has 4 nitrogen and oxygen atoms in total. The van der Waals surface area contributed by atoms with Crippen LogP contribution in [0.3, 0.4) is 0 Å². The Bertz CT molecular complexity index is 868. The van der Waals surface area contributed by atoms with Crippen LogP contribution in [0.15, 0.2) is 67.0 Å². The number of nitrogens with zero attached hydrogens (tertiary/aromatic N) is 1. The van der Waals surface area contributed by atoms with E-state index in [1.807, 2.05) is 48.7 Å². The number of aromatic nitrogens is 1. The molecule has 1 aliphatic rings. The molecule has 0 spiro atoms. The van der Waals surface area contributed by atoms with Gasteiger partial charge in [0.05, 0.1) is 5.92 Å². The number of halogens is 2. The molecule has 2 heterocycles. The van der Waals surface area contributed by atoms with E-state index in [2.05, 4.69) is 27.8 Å². The van der Waals surface area contributed by atoms with Crippen molar-refractivity contribution in [2.45, 2.75) is 5.92 Å². The van der Waals surface area contributed by atoms with E-state index in [1.165, 1.54) is 5.56 Å². The van der Waals surface area contributed by atoms with Crippen molar-refractivity contribution in [1.82, 2.24) is 10.3 Å². The van der Waals surface area contributed by atoms with E-state index in [1.54, 1.807) is 6.20 Å². The van der Waals surface area contributed by atoms with Crippen LogP contribution >= 0.6 is 24.8 Å². The molecule has 0 saturated carbocycles. The fraction of sp³-hybridized carbons (Fsp3) is 0.200. The van der Waals surface area contributed by atoms with Gasteiger partial charge in [-0.05, 0) is 17.7 Å². The summed E-state index contributed by atoms with van der Waals surface area (Å²) in [4.78, 5) is 17.0. The third kappa shape index (κ3) is 3.98. The van der Waals surface area contributed by atoms with E-state index in [0.29, 0.717) is 6.54 Å². The lowest BCUT2D eigenvalue weighted by molar-refractivity contribution is -0.119. The van der Waals surface area contributed by atoms with Crippen molar-refractivity contribution in [3.05, 3.63) is 72.6 Å². The minimum atomic E-state index is -0.0653. The van der Waals surface area contributed by atoms with Gasteiger partial charge in [-0.25, -0.2) is 0 Å². The van der Waals surface area contributed by atoms with Crippen LogP contribution < -0.4 is 10.6 Å². The molecule has 3 aromatic rings. The number of nitrogens with one attached hydrogen (secondary N) is 2. The molecule has 0 unspecified atom stereocenters. The highest BCUT2D eigenvalue weighted by atomic mass is 35.5. The van der Waals surface area contributed by atoms with E-state index in [0.717, 1.165) is 23.0 Å². The molecule has 4 rings (SSSR count). The molecule has 26 heavy (non-hydrogen) atoms. The Labute approximate surface area is 165 Å². The van der Waals surface area contributed by atoms with Gasteiger partial charge in [0.15, 0.2) is 0 Å². The van der Waals surface area contributed by atoms with E-state index in [9.17, 15) is 4.79 Å². The molecule has 1 fully saturated rings. The van der Waals surface area contributed by atoms with Gasteiger partial charge in [-0.2, -0.15) is 0 Å².